The van der Waals surface area contributed by atoms with E-state index in [4.69, 9.17) is 11.6 Å². The lowest BCUT2D eigenvalue weighted by atomic mass is 10.2. The number of anilines is 2. The van der Waals surface area contributed by atoms with E-state index in [2.05, 4.69) is 15.6 Å². The minimum Gasteiger partial charge on any atom is -0.324 e. The molecule has 2 aromatic heterocycles. The molecule has 4 rings (SSSR count). The number of hydrogen-bond donors (Lipinski definition) is 2. The zero-order valence-electron chi connectivity index (χ0n) is 17.3. The Balaban J connectivity index is 1.57. The molecular weight excluding hydrogens is 448 g/mol. The number of thiophene rings is 1. The molecule has 162 valence electrons. The molecule has 0 unspecified atom stereocenters. The van der Waals surface area contributed by atoms with Gasteiger partial charge in [-0.05, 0) is 49.2 Å². The number of aryl methyl sites for hydroxylation is 2. The molecule has 0 saturated carbocycles. The molecule has 0 aliphatic heterocycles. The minimum absolute atomic E-state index is 0.214. The zero-order chi connectivity index (χ0) is 22.8. The van der Waals surface area contributed by atoms with Crippen LogP contribution in [-0.4, -0.2) is 21.4 Å². The second-order valence-corrected chi connectivity index (χ2v) is 8.65. The smallest absolute Gasteiger partial charge is 0.266 e. The van der Waals surface area contributed by atoms with Crippen LogP contribution in [0.4, 0.5) is 11.4 Å². The van der Waals surface area contributed by atoms with Gasteiger partial charge in [-0.25, -0.2) is 4.98 Å². The standard InChI is InChI=1S/C23H19ClN4O3S/c1-13-8-9-16(10-17(13)24)26-18(29)11-28-12-25-22-19(23(28)31)14(2)20(32-22)21(30)27-15-6-4-3-5-7-15/h3-10,12H,11H2,1-2H3,(H,26,29)(H,27,30). The number of nitrogens with one attached hydrogen (secondary N) is 2. The fourth-order valence-electron chi connectivity index (χ4n) is 3.22. The van der Waals surface area contributed by atoms with Gasteiger partial charge in [0.25, 0.3) is 11.5 Å². The first kappa shape index (κ1) is 21.7. The topological polar surface area (TPSA) is 93.1 Å². The number of rotatable bonds is 5. The van der Waals surface area contributed by atoms with Gasteiger partial charge in [0.15, 0.2) is 0 Å². The number of para-hydroxylation sites is 1. The Morgan fingerprint density at radius 2 is 1.81 bits per heavy atom. The minimum atomic E-state index is -0.386. The van der Waals surface area contributed by atoms with Gasteiger partial charge >= 0.3 is 0 Å². The van der Waals surface area contributed by atoms with E-state index < -0.39 is 0 Å². The Hall–Kier alpha value is -3.49. The summed E-state index contributed by atoms with van der Waals surface area (Å²) < 4.78 is 1.23. The Morgan fingerprint density at radius 3 is 2.53 bits per heavy atom. The summed E-state index contributed by atoms with van der Waals surface area (Å²) in [4.78, 5) is 43.4. The molecule has 0 aliphatic rings. The predicted octanol–water partition coefficient (Wildman–Crippen LogP) is 4.62. The molecule has 0 fully saturated rings. The average Bonchev–Trinajstić information content (AvgIpc) is 3.11. The number of amides is 2. The second kappa shape index (κ2) is 8.94. The molecule has 2 aromatic carbocycles. The molecular formula is C23H19ClN4O3S. The van der Waals surface area contributed by atoms with E-state index in [1.54, 1.807) is 37.3 Å². The zero-order valence-corrected chi connectivity index (χ0v) is 18.9. The van der Waals surface area contributed by atoms with Crippen molar-refractivity contribution in [3.63, 3.8) is 0 Å². The summed E-state index contributed by atoms with van der Waals surface area (Å²) in [6.07, 6.45) is 1.32. The van der Waals surface area contributed by atoms with Crippen molar-refractivity contribution in [2.45, 2.75) is 20.4 Å². The monoisotopic (exact) mass is 466 g/mol. The summed E-state index contributed by atoms with van der Waals surface area (Å²) in [5.74, 6) is -0.695. The molecule has 0 atom stereocenters. The Morgan fingerprint density at radius 1 is 1.06 bits per heavy atom. The Kier molecular flexibility index (Phi) is 6.07. The fraction of sp³-hybridized carbons (Fsp3) is 0.130. The molecule has 2 amide bonds. The molecule has 32 heavy (non-hydrogen) atoms. The predicted molar refractivity (Wildman–Crippen MR) is 128 cm³/mol. The van der Waals surface area contributed by atoms with Crippen LogP contribution in [0.2, 0.25) is 5.02 Å². The lowest BCUT2D eigenvalue weighted by molar-refractivity contribution is -0.116. The summed E-state index contributed by atoms with van der Waals surface area (Å²) in [5.41, 5.74) is 2.26. The highest BCUT2D eigenvalue weighted by atomic mass is 35.5. The molecule has 2 heterocycles. The number of aromatic nitrogens is 2. The van der Waals surface area contributed by atoms with E-state index in [1.165, 1.54) is 10.9 Å². The van der Waals surface area contributed by atoms with Gasteiger partial charge < -0.3 is 10.6 Å². The number of carbonyl (C=O) groups excluding carboxylic acids is 2. The van der Waals surface area contributed by atoms with E-state index in [9.17, 15) is 14.4 Å². The second-order valence-electron chi connectivity index (χ2n) is 7.25. The maximum absolute atomic E-state index is 13.0. The number of carbonyl (C=O) groups is 2. The van der Waals surface area contributed by atoms with Crippen LogP contribution >= 0.6 is 22.9 Å². The number of fused-ring (bicyclic) bond motifs is 1. The molecule has 4 aromatic rings. The van der Waals surface area contributed by atoms with Crippen LogP contribution in [0.1, 0.15) is 20.8 Å². The van der Waals surface area contributed by atoms with Crippen molar-refractivity contribution < 1.29 is 9.59 Å². The van der Waals surface area contributed by atoms with Crippen molar-refractivity contribution in [1.29, 1.82) is 0 Å². The summed E-state index contributed by atoms with van der Waals surface area (Å²) in [7, 11) is 0. The van der Waals surface area contributed by atoms with E-state index in [-0.39, 0.29) is 23.9 Å². The first-order valence-corrected chi connectivity index (χ1v) is 10.9. The molecule has 0 spiro atoms. The third-order valence-corrected chi connectivity index (χ3v) is 6.53. The van der Waals surface area contributed by atoms with Crippen molar-refractivity contribution in [3.05, 3.63) is 86.2 Å². The third-order valence-electron chi connectivity index (χ3n) is 4.92. The van der Waals surface area contributed by atoms with E-state index >= 15 is 0 Å². The lowest BCUT2D eigenvalue weighted by Crippen LogP contribution is -2.28. The van der Waals surface area contributed by atoms with Gasteiger partial charge in [-0.15, -0.1) is 11.3 Å². The van der Waals surface area contributed by atoms with Crippen LogP contribution in [0.15, 0.2) is 59.7 Å². The van der Waals surface area contributed by atoms with Crippen molar-refractivity contribution >= 4 is 56.3 Å². The molecule has 0 saturated heterocycles. The first-order valence-electron chi connectivity index (χ1n) is 9.74. The van der Waals surface area contributed by atoms with Gasteiger partial charge in [-0.1, -0.05) is 35.9 Å². The van der Waals surface area contributed by atoms with E-state index in [1.807, 2.05) is 25.1 Å². The molecule has 7 nitrogen and oxygen atoms in total. The van der Waals surface area contributed by atoms with Crippen LogP contribution in [0.25, 0.3) is 10.2 Å². The van der Waals surface area contributed by atoms with Crippen LogP contribution in [-0.2, 0) is 11.3 Å². The fourth-order valence-corrected chi connectivity index (χ4v) is 4.44. The molecule has 2 N–H and O–H groups in total. The summed E-state index contributed by atoms with van der Waals surface area (Å²) in [6, 6.07) is 14.3. The lowest BCUT2D eigenvalue weighted by Gasteiger charge is -2.08. The average molecular weight is 467 g/mol. The quantitative estimate of drug-likeness (QED) is 0.449. The third kappa shape index (κ3) is 4.42. The maximum atomic E-state index is 13.0. The van der Waals surface area contributed by atoms with E-state index in [0.29, 0.717) is 37.1 Å². The van der Waals surface area contributed by atoms with Gasteiger partial charge in [0, 0.05) is 16.4 Å². The largest absolute Gasteiger partial charge is 0.324 e. The number of nitrogens with zero attached hydrogens (tertiary/aromatic N) is 2. The van der Waals surface area contributed by atoms with Gasteiger partial charge in [0.1, 0.15) is 11.4 Å². The van der Waals surface area contributed by atoms with Crippen LogP contribution in [0, 0.1) is 13.8 Å². The van der Waals surface area contributed by atoms with Gasteiger partial charge in [-0.2, -0.15) is 0 Å². The maximum Gasteiger partial charge on any atom is 0.266 e. The van der Waals surface area contributed by atoms with Crippen LogP contribution in [0.3, 0.4) is 0 Å². The van der Waals surface area contributed by atoms with Crippen molar-refractivity contribution in [3.8, 4) is 0 Å². The molecule has 0 radical (unpaired) electrons. The Labute approximate surface area is 192 Å². The van der Waals surface area contributed by atoms with Crippen molar-refractivity contribution in [1.82, 2.24) is 9.55 Å². The van der Waals surface area contributed by atoms with E-state index in [0.717, 1.165) is 16.9 Å². The van der Waals surface area contributed by atoms with Gasteiger partial charge in [-0.3, -0.25) is 19.0 Å². The van der Waals surface area contributed by atoms with Gasteiger partial charge in [0.2, 0.25) is 5.91 Å². The summed E-state index contributed by atoms with van der Waals surface area (Å²) >= 11 is 7.24. The van der Waals surface area contributed by atoms with Gasteiger partial charge in [0.05, 0.1) is 16.6 Å². The summed E-state index contributed by atoms with van der Waals surface area (Å²) in [6.45, 7) is 3.36. The van der Waals surface area contributed by atoms with Crippen LogP contribution in [0.5, 0.6) is 0 Å². The number of hydrogen-bond acceptors (Lipinski definition) is 5. The molecule has 0 aliphatic carbocycles. The SMILES string of the molecule is Cc1ccc(NC(=O)Cn2cnc3sc(C(=O)Nc4ccccc4)c(C)c3c2=O)cc1Cl. The number of benzene rings is 2. The van der Waals surface area contributed by atoms with Crippen molar-refractivity contribution in [2.75, 3.05) is 10.6 Å². The first-order chi connectivity index (χ1) is 15.3. The molecule has 9 heteroatoms. The highest BCUT2D eigenvalue weighted by Gasteiger charge is 2.20. The molecule has 0 bridgehead atoms. The Bertz CT molecular complexity index is 1400. The van der Waals surface area contributed by atoms with Crippen LogP contribution < -0.4 is 16.2 Å². The summed E-state index contributed by atoms with van der Waals surface area (Å²) in [5, 5.41) is 6.42. The highest BCUT2D eigenvalue weighted by molar-refractivity contribution is 7.20. The van der Waals surface area contributed by atoms with Crippen molar-refractivity contribution in [2.24, 2.45) is 0 Å². The highest BCUT2D eigenvalue weighted by Crippen LogP contribution is 2.27. The normalized spacial score (nSPS) is 10.8. The number of halogens is 1.